The molecule has 1 unspecified atom stereocenters. The molecule has 0 bridgehead atoms. The highest BCUT2D eigenvalue weighted by molar-refractivity contribution is 5.89. The van der Waals surface area contributed by atoms with Gasteiger partial charge in [-0.3, -0.25) is 9.59 Å². The van der Waals surface area contributed by atoms with Crippen LogP contribution in [0, 0.1) is 5.92 Å². The van der Waals surface area contributed by atoms with Gasteiger partial charge in [0.15, 0.2) is 0 Å². The largest absolute Gasteiger partial charge is 0.497 e. The van der Waals surface area contributed by atoms with E-state index in [1.807, 2.05) is 48.5 Å². The van der Waals surface area contributed by atoms with Crippen LogP contribution in [0.25, 0.3) is 0 Å². The molecule has 1 heterocycles. The van der Waals surface area contributed by atoms with Crippen LogP contribution in [0.5, 0.6) is 11.5 Å². The lowest BCUT2D eigenvalue weighted by Gasteiger charge is -2.17. The monoisotopic (exact) mass is 396 g/mol. The van der Waals surface area contributed by atoms with Crippen molar-refractivity contribution in [2.24, 2.45) is 5.92 Å². The predicted molar refractivity (Wildman–Crippen MR) is 111 cm³/mol. The highest BCUT2D eigenvalue weighted by atomic mass is 16.5. The summed E-state index contributed by atoms with van der Waals surface area (Å²) in [4.78, 5) is 26.6. The molecule has 2 aromatic rings. The maximum Gasteiger partial charge on any atom is 0.225 e. The number of hydrogen-bond acceptors (Lipinski definition) is 4. The SMILES string of the molecule is COc1ccc(CCNC(=O)C2CC(=O)N(CCc3ccccc3OC)C2)cc1. The van der Waals surface area contributed by atoms with Crippen LogP contribution in [0.3, 0.4) is 0 Å². The Morgan fingerprint density at radius 2 is 1.83 bits per heavy atom. The summed E-state index contributed by atoms with van der Waals surface area (Å²) in [6.07, 6.45) is 1.73. The van der Waals surface area contributed by atoms with Crippen molar-refractivity contribution in [1.29, 1.82) is 0 Å². The van der Waals surface area contributed by atoms with Crippen LogP contribution in [-0.2, 0) is 22.4 Å². The molecule has 1 N–H and O–H groups in total. The van der Waals surface area contributed by atoms with Gasteiger partial charge < -0.3 is 19.7 Å². The van der Waals surface area contributed by atoms with Crippen LogP contribution in [-0.4, -0.2) is 50.6 Å². The minimum Gasteiger partial charge on any atom is -0.497 e. The molecule has 2 amide bonds. The second-order valence-corrected chi connectivity index (χ2v) is 7.19. The fourth-order valence-corrected chi connectivity index (χ4v) is 3.60. The third kappa shape index (κ3) is 5.50. The van der Waals surface area contributed by atoms with Crippen molar-refractivity contribution in [2.75, 3.05) is 33.9 Å². The normalized spacial score (nSPS) is 16.0. The zero-order valence-corrected chi connectivity index (χ0v) is 17.0. The van der Waals surface area contributed by atoms with Crippen LogP contribution in [0.1, 0.15) is 17.5 Å². The second kappa shape index (κ2) is 9.96. The number of para-hydroxylation sites is 1. The van der Waals surface area contributed by atoms with E-state index >= 15 is 0 Å². The van der Waals surface area contributed by atoms with E-state index in [9.17, 15) is 9.59 Å². The highest BCUT2D eigenvalue weighted by Crippen LogP contribution is 2.22. The molecule has 0 aliphatic carbocycles. The maximum absolute atomic E-state index is 12.5. The summed E-state index contributed by atoms with van der Waals surface area (Å²) in [5.41, 5.74) is 2.20. The minimum atomic E-state index is -0.281. The maximum atomic E-state index is 12.5. The van der Waals surface area contributed by atoms with Crippen LogP contribution >= 0.6 is 0 Å². The Morgan fingerprint density at radius 3 is 2.55 bits per heavy atom. The van der Waals surface area contributed by atoms with Gasteiger partial charge in [0, 0.05) is 26.1 Å². The molecule has 2 aromatic carbocycles. The Balaban J connectivity index is 1.44. The number of nitrogens with zero attached hydrogens (tertiary/aromatic N) is 1. The second-order valence-electron chi connectivity index (χ2n) is 7.19. The van der Waals surface area contributed by atoms with Crippen molar-refractivity contribution < 1.29 is 19.1 Å². The summed E-state index contributed by atoms with van der Waals surface area (Å²) in [6, 6.07) is 15.6. The van der Waals surface area contributed by atoms with Crippen LogP contribution in [0.15, 0.2) is 48.5 Å². The topological polar surface area (TPSA) is 67.9 Å². The molecule has 6 nitrogen and oxygen atoms in total. The van der Waals surface area contributed by atoms with Gasteiger partial charge in [0.05, 0.1) is 20.1 Å². The average molecular weight is 396 g/mol. The number of amides is 2. The van der Waals surface area contributed by atoms with E-state index in [1.54, 1.807) is 19.1 Å². The summed E-state index contributed by atoms with van der Waals surface area (Å²) >= 11 is 0. The summed E-state index contributed by atoms with van der Waals surface area (Å²) in [5, 5.41) is 2.97. The summed E-state index contributed by atoms with van der Waals surface area (Å²) in [7, 11) is 3.28. The highest BCUT2D eigenvalue weighted by Gasteiger charge is 2.33. The quantitative estimate of drug-likeness (QED) is 0.707. The number of nitrogens with one attached hydrogen (secondary N) is 1. The molecular weight excluding hydrogens is 368 g/mol. The third-order valence-electron chi connectivity index (χ3n) is 5.30. The number of benzene rings is 2. The van der Waals surface area contributed by atoms with Gasteiger partial charge in [-0.05, 0) is 42.2 Å². The van der Waals surface area contributed by atoms with E-state index < -0.39 is 0 Å². The number of likely N-dealkylation sites (tertiary alicyclic amines) is 1. The van der Waals surface area contributed by atoms with Crippen LogP contribution in [0.2, 0.25) is 0 Å². The van der Waals surface area contributed by atoms with E-state index in [0.29, 0.717) is 26.1 Å². The molecule has 0 aromatic heterocycles. The zero-order chi connectivity index (χ0) is 20.6. The summed E-state index contributed by atoms with van der Waals surface area (Å²) in [6.45, 7) is 1.62. The first-order valence-electron chi connectivity index (χ1n) is 9.91. The van der Waals surface area contributed by atoms with Crippen molar-refractivity contribution in [1.82, 2.24) is 10.2 Å². The smallest absolute Gasteiger partial charge is 0.225 e. The lowest BCUT2D eigenvalue weighted by atomic mass is 10.1. The molecule has 1 aliphatic heterocycles. The van der Waals surface area contributed by atoms with Crippen LogP contribution < -0.4 is 14.8 Å². The Morgan fingerprint density at radius 1 is 1.07 bits per heavy atom. The molecule has 6 heteroatoms. The van der Waals surface area contributed by atoms with E-state index in [1.165, 1.54) is 0 Å². The average Bonchev–Trinajstić information content (AvgIpc) is 3.13. The Kier molecular flexibility index (Phi) is 7.11. The van der Waals surface area contributed by atoms with E-state index in [2.05, 4.69) is 5.32 Å². The summed E-state index contributed by atoms with van der Waals surface area (Å²) < 4.78 is 10.5. The van der Waals surface area contributed by atoms with Gasteiger partial charge in [-0.15, -0.1) is 0 Å². The standard InChI is InChI=1S/C23H28N2O4/c1-28-20-9-7-17(8-10-20)11-13-24-23(27)19-15-22(26)25(16-19)14-12-18-5-3-4-6-21(18)29-2/h3-10,19H,11-16H2,1-2H3,(H,24,27). The van der Waals surface area contributed by atoms with Crippen molar-refractivity contribution in [2.45, 2.75) is 19.3 Å². The number of carbonyl (C=O) groups is 2. The van der Waals surface area contributed by atoms with Crippen molar-refractivity contribution in [3.63, 3.8) is 0 Å². The molecule has 1 atom stereocenters. The van der Waals surface area contributed by atoms with Gasteiger partial charge in [0.25, 0.3) is 0 Å². The van der Waals surface area contributed by atoms with E-state index in [-0.39, 0.29) is 24.2 Å². The van der Waals surface area contributed by atoms with Gasteiger partial charge >= 0.3 is 0 Å². The lowest BCUT2D eigenvalue weighted by molar-refractivity contribution is -0.129. The van der Waals surface area contributed by atoms with Gasteiger partial charge in [0.2, 0.25) is 11.8 Å². The first-order chi connectivity index (χ1) is 14.1. The van der Waals surface area contributed by atoms with E-state index in [0.717, 1.165) is 29.0 Å². The van der Waals surface area contributed by atoms with Crippen molar-refractivity contribution in [3.05, 3.63) is 59.7 Å². The molecule has 0 spiro atoms. The third-order valence-corrected chi connectivity index (χ3v) is 5.30. The predicted octanol–water partition coefficient (Wildman–Crippen LogP) is 2.45. The zero-order valence-electron chi connectivity index (χ0n) is 17.0. The van der Waals surface area contributed by atoms with Gasteiger partial charge in [-0.2, -0.15) is 0 Å². The molecule has 29 heavy (non-hydrogen) atoms. The number of methoxy groups -OCH3 is 2. The first kappa shape index (κ1) is 20.7. The first-order valence-corrected chi connectivity index (χ1v) is 9.91. The number of rotatable bonds is 9. The number of ether oxygens (including phenoxy) is 2. The molecule has 0 saturated carbocycles. The van der Waals surface area contributed by atoms with Crippen LogP contribution in [0.4, 0.5) is 0 Å². The molecule has 1 fully saturated rings. The molecule has 154 valence electrons. The van der Waals surface area contributed by atoms with Crippen molar-refractivity contribution in [3.8, 4) is 11.5 Å². The Hall–Kier alpha value is -3.02. The molecule has 3 rings (SSSR count). The molecule has 1 saturated heterocycles. The molecule has 1 aliphatic rings. The van der Waals surface area contributed by atoms with Gasteiger partial charge in [-0.1, -0.05) is 30.3 Å². The van der Waals surface area contributed by atoms with Gasteiger partial charge in [-0.25, -0.2) is 0 Å². The Bertz CT molecular complexity index is 835. The van der Waals surface area contributed by atoms with E-state index in [4.69, 9.17) is 9.47 Å². The minimum absolute atomic E-state index is 0.0372. The van der Waals surface area contributed by atoms with Gasteiger partial charge in [0.1, 0.15) is 11.5 Å². The number of hydrogen-bond donors (Lipinski definition) is 1. The summed E-state index contributed by atoms with van der Waals surface area (Å²) in [5.74, 6) is 1.35. The fourth-order valence-electron chi connectivity index (χ4n) is 3.60. The molecule has 0 radical (unpaired) electrons. The van der Waals surface area contributed by atoms with Crippen molar-refractivity contribution >= 4 is 11.8 Å². The Labute approximate surface area is 171 Å². The lowest BCUT2D eigenvalue weighted by Crippen LogP contribution is -2.34. The number of carbonyl (C=O) groups excluding carboxylic acids is 2. The fraction of sp³-hybridized carbons (Fsp3) is 0.391. The molecular formula is C23H28N2O4.